The lowest BCUT2D eigenvalue weighted by molar-refractivity contribution is -0.146. The monoisotopic (exact) mass is 425 g/mol. The minimum absolute atomic E-state index is 0.0502. The number of rotatable bonds is 4. The normalized spacial score (nSPS) is 21.9. The first-order valence-electron chi connectivity index (χ1n) is 10.7. The summed E-state index contributed by atoms with van der Waals surface area (Å²) in [6.07, 6.45) is 0.904. The summed E-state index contributed by atoms with van der Waals surface area (Å²) in [5.41, 5.74) is 1.51. The zero-order valence-corrected chi connectivity index (χ0v) is 18.0. The zero-order chi connectivity index (χ0) is 22.0. The third kappa shape index (κ3) is 4.22. The molecule has 2 aromatic carbocycles. The summed E-state index contributed by atoms with van der Waals surface area (Å²) in [5.74, 6) is 0.314. The Balaban J connectivity index is 1.49. The Labute approximate surface area is 182 Å². The van der Waals surface area contributed by atoms with Crippen molar-refractivity contribution >= 4 is 17.5 Å². The summed E-state index contributed by atoms with van der Waals surface area (Å²) >= 11 is 0. The summed E-state index contributed by atoms with van der Waals surface area (Å²) in [6, 6.07) is 14.0. The van der Waals surface area contributed by atoms with Gasteiger partial charge in [0.15, 0.2) is 0 Å². The quantitative estimate of drug-likeness (QED) is 0.756. The van der Waals surface area contributed by atoms with E-state index in [2.05, 4.69) is 0 Å². The molecule has 2 aromatic rings. The van der Waals surface area contributed by atoms with Crippen molar-refractivity contribution in [2.45, 2.75) is 18.9 Å². The summed E-state index contributed by atoms with van der Waals surface area (Å²) in [5, 5.41) is 0. The lowest BCUT2D eigenvalue weighted by atomic mass is 9.83. The van der Waals surface area contributed by atoms with Crippen LogP contribution in [0.3, 0.4) is 0 Å². The first-order valence-corrected chi connectivity index (χ1v) is 10.7. The number of halogens is 1. The van der Waals surface area contributed by atoms with Crippen molar-refractivity contribution in [1.29, 1.82) is 0 Å². The molecule has 2 amide bonds. The second-order valence-corrected chi connectivity index (χ2v) is 8.13. The predicted molar refractivity (Wildman–Crippen MR) is 116 cm³/mol. The first kappa shape index (κ1) is 21.2. The van der Waals surface area contributed by atoms with Gasteiger partial charge in [-0.05, 0) is 36.2 Å². The summed E-state index contributed by atoms with van der Waals surface area (Å²) in [7, 11) is 3.38. The molecular formula is C24H28FN3O3. The number of anilines is 1. The Morgan fingerprint density at radius 1 is 1.03 bits per heavy atom. The largest absolute Gasteiger partial charge is 0.497 e. The van der Waals surface area contributed by atoms with Gasteiger partial charge in [0.25, 0.3) is 0 Å². The number of carbonyl (C=O) groups is 2. The highest BCUT2D eigenvalue weighted by atomic mass is 19.1. The second-order valence-electron chi connectivity index (χ2n) is 8.13. The number of likely N-dealkylation sites (tertiary alicyclic amines) is 1. The predicted octanol–water partition coefficient (Wildman–Crippen LogP) is 3.09. The Hall–Kier alpha value is -3.09. The number of nitrogens with zero attached hydrogens (tertiary/aromatic N) is 3. The molecule has 0 N–H and O–H groups in total. The minimum atomic E-state index is -0.302. The fraction of sp³-hybridized carbons (Fsp3) is 0.417. The van der Waals surface area contributed by atoms with Gasteiger partial charge in [0.05, 0.1) is 24.8 Å². The van der Waals surface area contributed by atoms with E-state index in [-0.39, 0.29) is 29.6 Å². The van der Waals surface area contributed by atoms with Crippen molar-refractivity contribution in [3.8, 4) is 5.75 Å². The van der Waals surface area contributed by atoms with E-state index in [1.54, 1.807) is 31.2 Å². The van der Waals surface area contributed by atoms with Gasteiger partial charge in [0.1, 0.15) is 11.6 Å². The molecular weight excluding hydrogens is 397 g/mol. The molecule has 6 nitrogen and oxygen atoms in total. The summed E-state index contributed by atoms with van der Waals surface area (Å²) < 4.78 is 19.4. The Kier molecular flexibility index (Phi) is 6.11. The standard InChI is InChI=1S/C24H28FN3O3/c1-26-22(29)12-11-19(23(26)17-7-9-18(31-2)10-8-17)24(30)28-15-13-27(14-16-28)21-6-4-3-5-20(21)25/h3-10,19,23H,11-16H2,1-2H3/t19-,23-/m0/s1. The van der Waals surface area contributed by atoms with Crippen LogP contribution in [0, 0.1) is 11.7 Å². The number of hydrogen-bond donors (Lipinski definition) is 0. The van der Waals surface area contributed by atoms with Crippen LogP contribution in [0.2, 0.25) is 0 Å². The molecule has 31 heavy (non-hydrogen) atoms. The Morgan fingerprint density at radius 3 is 2.35 bits per heavy atom. The average molecular weight is 426 g/mol. The van der Waals surface area contributed by atoms with Crippen molar-refractivity contribution in [1.82, 2.24) is 9.80 Å². The van der Waals surface area contributed by atoms with Crippen LogP contribution >= 0.6 is 0 Å². The SMILES string of the molecule is COc1ccc([C@H]2[C@@H](C(=O)N3CCN(c4ccccc4F)CC3)CCC(=O)N2C)cc1. The second kappa shape index (κ2) is 8.96. The van der Waals surface area contributed by atoms with E-state index < -0.39 is 0 Å². The van der Waals surface area contributed by atoms with Gasteiger partial charge in [-0.2, -0.15) is 0 Å². The van der Waals surface area contributed by atoms with Gasteiger partial charge in [-0.1, -0.05) is 24.3 Å². The van der Waals surface area contributed by atoms with Crippen molar-refractivity contribution < 1.29 is 18.7 Å². The Bertz CT molecular complexity index is 941. The Morgan fingerprint density at radius 2 is 1.71 bits per heavy atom. The van der Waals surface area contributed by atoms with Gasteiger partial charge in [-0.25, -0.2) is 4.39 Å². The van der Waals surface area contributed by atoms with Crippen LogP contribution in [0.15, 0.2) is 48.5 Å². The summed E-state index contributed by atoms with van der Waals surface area (Å²) in [4.78, 5) is 31.4. The van der Waals surface area contributed by atoms with Gasteiger partial charge in [-0.15, -0.1) is 0 Å². The number of para-hydroxylation sites is 1. The van der Waals surface area contributed by atoms with Crippen LogP contribution < -0.4 is 9.64 Å². The van der Waals surface area contributed by atoms with Crippen LogP contribution in [0.1, 0.15) is 24.4 Å². The third-order valence-corrected chi connectivity index (χ3v) is 6.42. The number of ether oxygens (including phenoxy) is 1. The number of amides is 2. The fourth-order valence-electron chi connectivity index (χ4n) is 4.66. The van der Waals surface area contributed by atoms with Crippen LogP contribution in [-0.4, -0.2) is 62.0 Å². The van der Waals surface area contributed by atoms with Crippen molar-refractivity contribution in [2.75, 3.05) is 45.2 Å². The highest BCUT2D eigenvalue weighted by molar-refractivity contribution is 5.85. The molecule has 164 valence electrons. The van der Waals surface area contributed by atoms with Crippen molar-refractivity contribution in [3.05, 3.63) is 59.9 Å². The molecule has 0 aliphatic carbocycles. The van der Waals surface area contributed by atoms with Gasteiger partial charge in [-0.3, -0.25) is 9.59 Å². The molecule has 7 heteroatoms. The van der Waals surface area contributed by atoms with E-state index in [1.165, 1.54) is 6.07 Å². The van der Waals surface area contributed by atoms with Crippen LogP contribution in [0.5, 0.6) is 5.75 Å². The molecule has 0 bridgehead atoms. The minimum Gasteiger partial charge on any atom is -0.497 e. The molecule has 0 aromatic heterocycles. The van der Waals surface area contributed by atoms with E-state index in [9.17, 15) is 14.0 Å². The van der Waals surface area contributed by atoms with E-state index in [0.717, 1.165) is 11.3 Å². The number of hydrogen-bond acceptors (Lipinski definition) is 4. The maximum atomic E-state index is 14.1. The lowest BCUT2D eigenvalue weighted by Gasteiger charge is -2.43. The number of methoxy groups -OCH3 is 1. The molecule has 2 fully saturated rings. The highest BCUT2D eigenvalue weighted by Crippen LogP contribution is 2.37. The number of piperazine rings is 1. The number of benzene rings is 2. The topological polar surface area (TPSA) is 53.1 Å². The lowest BCUT2D eigenvalue weighted by Crippen LogP contribution is -2.53. The number of piperidine rings is 1. The van der Waals surface area contributed by atoms with E-state index in [1.807, 2.05) is 40.1 Å². The van der Waals surface area contributed by atoms with Crippen molar-refractivity contribution in [3.63, 3.8) is 0 Å². The summed E-state index contributed by atoms with van der Waals surface area (Å²) in [6.45, 7) is 2.25. The van der Waals surface area contributed by atoms with Crippen molar-refractivity contribution in [2.24, 2.45) is 5.92 Å². The third-order valence-electron chi connectivity index (χ3n) is 6.42. The van der Waals surface area contributed by atoms with Crippen LogP contribution in [-0.2, 0) is 9.59 Å². The van der Waals surface area contributed by atoms with Gasteiger partial charge >= 0.3 is 0 Å². The molecule has 0 unspecified atom stereocenters. The maximum Gasteiger partial charge on any atom is 0.228 e. The molecule has 0 spiro atoms. The fourth-order valence-corrected chi connectivity index (χ4v) is 4.66. The van der Waals surface area contributed by atoms with Gasteiger partial charge in [0.2, 0.25) is 11.8 Å². The maximum absolute atomic E-state index is 14.1. The van der Waals surface area contributed by atoms with Crippen LogP contribution in [0.4, 0.5) is 10.1 Å². The molecule has 2 aliphatic rings. The molecule has 0 saturated carbocycles. The zero-order valence-electron chi connectivity index (χ0n) is 18.0. The molecule has 2 heterocycles. The molecule has 2 saturated heterocycles. The van der Waals surface area contributed by atoms with E-state index in [0.29, 0.717) is 44.7 Å². The van der Waals surface area contributed by atoms with Gasteiger partial charge < -0.3 is 19.4 Å². The smallest absolute Gasteiger partial charge is 0.228 e. The van der Waals surface area contributed by atoms with Gasteiger partial charge in [0, 0.05) is 39.6 Å². The average Bonchev–Trinajstić information content (AvgIpc) is 2.81. The first-order chi connectivity index (χ1) is 15.0. The molecule has 2 atom stereocenters. The van der Waals surface area contributed by atoms with E-state index >= 15 is 0 Å². The molecule has 2 aliphatic heterocycles. The molecule has 4 rings (SSSR count). The van der Waals surface area contributed by atoms with E-state index in [4.69, 9.17) is 4.74 Å². The van der Waals surface area contributed by atoms with Crippen LogP contribution in [0.25, 0.3) is 0 Å². The highest BCUT2D eigenvalue weighted by Gasteiger charge is 2.41. The number of carbonyl (C=O) groups excluding carboxylic acids is 2. The molecule has 0 radical (unpaired) electrons.